The maximum atomic E-state index is 8.80. The van der Waals surface area contributed by atoms with E-state index < -0.39 is 0 Å². The van der Waals surface area contributed by atoms with Crippen LogP contribution in [0, 0.1) is 0 Å². The van der Waals surface area contributed by atoms with Crippen molar-refractivity contribution in [2.24, 2.45) is 0 Å². The minimum Gasteiger partial charge on any atom is -0.395 e. The summed E-state index contributed by atoms with van der Waals surface area (Å²) in [6, 6.07) is 4.58. The van der Waals surface area contributed by atoms with Gasteiger partial charge in [0.25, 0.3) is 0 Å². The van der Waals surface area contributed by atoms with Crippen LogP contribution in [0.1, 0.15) is 19.5 Å². The Bertz CT molecular complexity index is 243. The third-order valence-corrected chi connectivity index (χ3v) is 1.96. The predicted octanol–water partition coefficient (Wildman–Crippen LogP) is 0.978. The lowest BCUT2D eigenvalue weighted by Gasteiger charge is -2.10. The number of aromatic nitrogens is 1. The van der Waals surface area contributed by atoms with Gasteiger partial charge in [-0.1, -0.05) is 13.8 Å². The van der Waals surface area contributed by atoms with E-state index in [1.54, 1.807) is 0 Å². The Kier molecular flexibility index (Phi) is 3.99. The van der Waals surface area contributed by atoms with Crippen molar-refractivity contribution in [3.05, 3.63) is 24.0 Å². The lowest BCUT2D eigenvalue weighted by molar-refractivity contribution is 0.274. The summed E-state index contributed by atoms with van der Waals surface area (Å²) in [5.41, 5.74) is 1.22. The van der Waals surface area contributed by atoms with Crippen molar-refractivity contribution in [2.75, 3.05) is 6.61 Å². The fraction of sp³-hybridized carbons (Fsp3) is 0.600. The minimum atomic E-state index is 0.198. The Morgan fingerprint density at radius 1 is 1.54 bits per heavy atom. The molecule has 2 N–H and O–H groups in total. The average molecular weight is 182 g/mol. The molecule has 0 radical (unpaired) electrons. The second kappa shape index (κ2) is 5.04. The topological polar surface area (TPSA) is 37.2 Å². The van der Waals surface area contributed by atoms with Gasteiger partial charge >= 0.3 is 0 Å². The molecule has 0 amide bonds. The van der Waals surface area contributed by atoms with Gasteiger partial charge in [0.1, 0.15) is 0 Å². The molecule has 13 heavy (non-hydrogen) atoms. The van der Waals surface area contributed by atoms with E-state index in [-0.39, 0.29) is 6.61 Å². The quantitative estimate of drug-likeness (QED) is 0.712. The lowest BCUT2D eigenvalue weighted by atomic mass is 10.3. The molecular weight excluding hydrogens is 164 g/mol. The number of hydrogen-bond donors (Lipinski definition) is 2. The van der Waals surface area contributed by atoms with E-state index in [1.165, 1.54) is 5.69 Å². The summed E-state index contributed by atoms with van der Waals surface area (Å²) >= 11 is 0. The standard InChI is InChI=1S/C10H18N2O/c1-9(2)11-8-10-4-3-5-12(10)6-7-13/h3-5,9,11,13H,6-8H2,1-2H3. The molecule has 0 aromatic carbocycles. The molecule has 0 aliphatic rings. The van der Waals surface area contributed by atoms with Gasteiger partial charge in [0.05, 0.1) is 6.61 Å². The van der Waals surface area contributed by atoms with Crippen LogP contribution in [0.25, 0.3) is 0 Å². The zero-order valence-corrected chi connectivity index (χ0v) is 8.33. The van der Waals surface area contributed by atoms with Crippen LogP contribution in [-0.2, 0) is 13.1 Å². The molecule has 3 heteroatoms. The van der Waals surface area contributed by atoms with Crippen LogP contribution in [0.2, 0.25) is 0 Å². The van der Waals surface area contributed by atoms with E-state index in [9.17, 15) is 0 Å². The first kappa shape index (κ1) is 10.3. The minimum absolute atomic E-state index is 0.198. The van der Waals surface area contributed by atoms with Crippen LogP contribution < -0.4 is 5.32 Å². The van der Waals surface area contributed by atoms with E-state index in [2.05, 4.69) is 29.8 Å². The zero-order chi connectivity index (χ0) is 9.68. The van der Waals surface area contributed by atoms with Gasteiger partial charge in [-0.25, -0.2) is 0 Å². The SMILES string of the molecule is CC(C)NCc1cccn1CCO. The van der Waals surface area contributed by atoms with Crippen molar-refractivity contribution < 1.29 is 5.11 Å². The second-order valence-electron chi connectivity index (χ2n) is 3.45. The Morgan fingerprint density at radius 2 is 2.31 bits per heavy atom. The van der Waals surface area contributed by atoms with Gasteiger partial charge in [0.2, 0.25) is 0 Å². The fourth-order valence-electron chi connectivity index (χ4n) is 1.24. The van der Waals surface area contributed by atoms with Crippen LogP contribution >= 0.6 is 0 Å². The van der Waals surface area contributed by atoms with Crippen molar-refractivity contribution in [1.29, 1.82) is 0 Å². The van der Waals surface area contributed by atoms with E-state index in [0.29, 0.717) is 12.6 Å². The van der Waals surface area contributed by atoms with E-state index in [4.69, 9.17) is 5.11 Å². The van der Waals surface area contributed by atoms with Crippen molar-refractivity contribution in [2.45, 2.75) is 33.0 Å². The molecule has 74 valence electrons. The molecule has 0 atom stereocenters. The Morgan fingerprint density at radius 3 is 2.92 bits per heavy atom. The van der Waals surface area contributed by atoms with E-state index >= 15 is 0 Å². The maximum Gasteiger partial charge on any atom is 0.0610 e. The first-order chi connectivity index (χ1) is 6.24. The van der Waals surface area contributed by atoms with Crippen molar-refractivity contribution in [1.82, 2.24) is 9.88 Å². The van der Waals surface area contributed by atoms with Crippen LogP contribution in [0.3, 0.4) is 0 Å². The van der Waals surface area contributed by atoms with Gasteiger partial charge in [-0.2, -0.15) is 0 Å². The number of hydrogen-bond acceptors (Lipinski definition) is 2. The number of nitrogens with one attached hydrogen (secondary N) is 1. The molecule has 0 aliphatic carbocycles. The highest BCUT2D eigenvalue weighted by Crippen LogP contribution is 2.01. The van der Waals surface area contributed by atoms with Crippen molar-refractivity contribution in [3.8, 4) is 0 Å². The Labute approximate surface area is 79.4 Å². The summed E-state index contributed by atoms with van der Waals surface area (Å²) < 4.78 is 2.06. The van der Waals surface area contributed by atoms with Crippen molar-refractivity contribution in [3.63, 3.8) is 0 Å². The maximum absolute atomic E-state index is 8.80. The molecule has 1 aromatic heterocycles. The fourth-order valence-corrected chi connectivity index (χ4v) is 1.24. The normalized spacial score (nSPS) is 11.1. The third kappa shape index (κ3) is 3.20. The first-order valence-corrected chi connectivity index (χ1v) is 4.72. The lowest BCUT2D eigenvalue weighted by Crippen LogP contribution is -2.23. The molecule has 1 heterocycles. The van der Waals surface area contributed by atoms with Crippen molar-refractivity contribution >= 4 is 0 Å². The molecule has 1 rings (SSSR count). The molecule has 0 spiro atoms. The largest absolute Gasteiger partial charge is 0.395 e. The molecule has 1 aromatic rings. The van der Waals surface area contributed by atoms with Gasteiger partial charge in [-0.15, -0.1) is 0 Å². The molecule has 3 nitrogen and oxygen atoms in total. The molecular formula is C10H18N2O. The molecule has 0 aliphatic heterocycles. The summed E-state index contributed by atoms with van der Waals surface area (Å²) in [5.74, 6) is 0. The highest BCUT2D eigenvalue weighted by atomic mass is 16.3. The highest BCUT2D eigenvalue weighted by molar-refractivity contribution is 5.06. The number of rotatable bonds is 5. The summed E-state index contributed by atoms with van der Waals surface area (Å²) in [7, 11) is 0. The molecule has 0 saturated carbocycles. The average Bonchev–Trinajstić information content (AvgIpc) is 2.49. The summed E-state index contributed by atoms with van der Waals surface area (Å²) in [6.07, 6.45) is 1.99. The van der Waals surface area contributed by atoms with E-state index in [1.807, 2.05) is 12.3 Å². The van der Waals surface area contributed by atoms with Crippen LogP contribution in [0.4, 0.5) is 0 Å². The predicted molar refractivity (Wildman–Crippen MR) is 53.5 cm³/mol. The Hall–Kier alpha value is -0.800. The van der Waals surface area contributed by atoms with Crippen LogP contribution in [-0.4, -0.2) is 22.3 Å². The third-order valence-electron chi connectivity index (χ3n) is 1.96. The first-order valence-electron chi connectivity index (χ1n) is 4.72. The zero-order valence-electron chi connectivity index (χ0n) is 8.33. The smallest absolute Gasteiger partial charge is 0.0610 e. The van der Waals surface area contributed by atoms with E-state index in [0.717, 1.165) is 6.54 Å². The van der Waals surface area contributed by atoms with Gasteiger partial charge in [-0.3, -0.25) is 0 Å². The summed E-state index contributed by atoms with van der Waals surface area (Å²) in [6.45, 7) is 5.99. The highest BCUT2D eigenvalue weighted by Gasteiger charge is 2.00. The number of aliphatic hydroxyl groups is 1. The van der Waals surface area contributed by atoms with Crippen LogP contribution in [0.5, 0.6) is 0 Å². The molecule has 0 saturated heterocycles. The van der Waals surface area contributed by atoms with Gasteiger partial charge in [0.15, 0.2) is 0 Å². The molecule has 0 unspecified atom stereocenters. The monoisotopic (exact) mass is 182 g/mol. The molecule has 0 bridgehead atoms. The number of aliphatic hydroxyl groups excluding tert-OH is 1. The van der Waals surface area contributed by atoms with Gasteiger partial charge in [-0.05, 0) is 12.1 Å². The van der Waals surface area contributed by atoms with Crippen LogP contribution in [0.15, 0.2) is 18.3 Å². The van der Waals surface area contributed by atoms with Gasteiger partial charge < -0.3 is 15.0 Å². The second-order valence-corrected chi connectivity index (χ2v) is 3.45. The molecule has 0 fully saturated rings. The Balaban J connectivity index is 2.49. The van der Waals surface area contributed by atoms with Gasteiger partial charge in [0, 0.05) is 31.0 Å². The number of nitrogens with zero attached hydrogens (tertiary/aromatic N) is 1. The summed E-state index contributed by atoms with van der Waals surface area (Å²) in [4.78, 5) is 0. The summed E-state index contributed by atoms with van der Waals surface area (Å²) in [5, 5.41) is 12.1.